The normalized spacial score (nSPS) is 13.2. The molecule has 0 aliphatic rings. The third-order valence-electron chi connectivity index (χ3n) is 7.05. The van der Waals surface area contributed by atoms with Gasteiger partial charge in [-0.05, 0) is 70.6 Å². The summed E-state index contributed by atoms with van der Waals surface area (Å²) in [5.74, 6) is 1.53. The summed E-state index contributed by atoms with van der Waals surface area (Å²) >= 11 is 0. The van der Waals surface area contributed by atoms with Gasteiger partial charge < -0.3 is 11.1 Å². The molecule has 0 aliphatic carbocycles. The van der Waals surface area contributed by atoms with Gasteiger partial charge in [-0.1, -0.05) is 122 Å². The van der Waals surface area contributed by atoms with Gasteiger partial charge in [0.15, 0.2) is 0 Å². The van der Waals surface area contributed by atoms with Crippen molar-refractivity contribution in [1.82, 2.24) is 0 Å². The van der Waals surface area contributed by atoms with Crippen LogP contribution in [0.3, 0.4) is 0 Å². The molecule has 0 aliphatic heterocycles. The zero-order chi connectivity index (χ0) is 28.7. The van der Waals surface area contributed by atoms with Crippen molar-refractivity contribution < 1.29 is 0 Å². The van der Waals surface area contributed by atoms with Crippen LogP contribution in [0, 0.1) is 0 Å². The Morgan fingerprint density at radius 3 is 1.56 bits per heavy atom. The lowest BCUT2D eigenvalue weighted by atomic mass is 9.92. The summed E-state index contributed by atoms with van der Waals surface area (Å²) in [5.41, 5.74) is 17.5. The van der Waals surface area contributed by atoms with Crippen LogP contribution in [0.2, 0.25) is 0 Å². The Balaban J connectivity index is 2.21. The van der Waals surface area contributed by atoms with Gasteiger partial charge in [-0.3, -0.25) is 0 Å². The Hall–Kier alpha value is -3.59. The quantitative estimate of drug-likeness (QED) is 0.261. The Morgan fingerprint density at radius 1 is 0.641 bits per heavy atom. The van der Waals surface area contributed by atoms with Crippen molar-refractivity contribution in [2.75, 3.05) is 5.32 Å². The average molecular weight is 522 g/mol. The predicted octanol–water partition coefficient (Wildman–Crippen LogP) is 10.3. The molecule has 3 N–H and O–H groups in total. The van der Waals surface area contributed by atoms with Crippen LogP contribution in [0.1, 0.15) is 114 Å². The highest BCUT2D eigenvalue weighted by Crippen LogP contribution is 2.36. The number of hydrogen-bond donors (Lipinski definition) is 2. The van der Waals surface area contributed by atoms with Crippen LogP contribution in [0.15, 0.2) is 89.6 Å². The van der Waals surface area contributed by atoms with Gasteiger partial charge in [0.2, 0.25) is 0 Å². The van der Waals surface area contributed by atoms with Crippen LogP contribution in [0.25, 0.3) is 5.70 Å². The summed E-state index contributed by atoms with van der Waals surface area (Å²) in [7, 11) is 0. The first kappa shape index (κ1) is 30.0. The summed E-state index contributed by atoms with van der Waals surface area (Å²) in [4.78, 5) is 5.31. The molecule has 0 unspecified atom stereocenters. The first-order valence-corrected chi connectivity index (χ1v) is 14.3. The van der Waals surface area contributed by atoms with Gasteiger partial charge in [0, 0.05) is 17.1 Å². The summed E-state index contributed by atoms with van der Waals surface area (Å²) in [6.45, 7) is 20.0. The van der Waals surface area contributed by atoms with Gasteiger partial charge in [0.1, 0.15) is 0 Å². The van der Waals surface area contributed by atoms with E-state index in [0.29, 0.717) is 29.4 Å². The van der Waals surface area contributed by atoms with Gasteiger partial charge in [-0.25, -0.2) is 4.99 Å². The number of rotatable bonds is 10. The molecular formula is C36H47N3. The molecule has 3 aromatic carbocycles. The van der Waals surface area contributed by atoms with E-state index in [9.17, 15) is 0 Å². The molecule has 3 aromatic rings. The Labute approximate surface area is 237 Å². The molecule has 0 heterocycles. The number of nitrogens with two attached hydrogens (primary N) is 1. The number of nitrogens with zero attached hydrogens (tertiary/aromatic N) is 1. The van der Waals surface area contributed by atoms with E-state index in [1.54, 1.807) is 0 Å². The summed E-state index contributed by atoms with van der Waals surface area (Å²) < 4.78 is 0. The zero-order valence-corrected chi connectivity index (χ0v) is 25.3. The second-order valence-electron chi connectivity index (χ2n) is 11.7. The van der Waals surface area contributed by atoms with Crippen LogP contribution < -0.4 is 11.1 Å². The Kier molecular flexibility index (Phi) is 10.3. The van der Waals surface area contributed by atoms with Crippen LogP contribution in [0.4, 0.5) is 11.4 Å². The smallest absolute Gasteiger partial charge is 0.0706 e. The van der Waals surface area contributed by atoms with E-state index in [4.69, 9.17) is 10.7 Å². The molecular weight excluding hydrogens is 474 g/mol. The molecule has 0 amide bonds. The highest BCUT2D eigenvalue weighted by Gasteiger charge is 2.16. The molecule has 206 valence electrons. The van der Waals surface area contributed by atoms with Gasteiger partial charge >= 0.3 is 0 Å². The number of hydrogen-bond acceptors (Lipinski definition) is 3. The number of anilines is 1. The molecule has 0 saturated heterocycles. The fourth-order valence-electron chi connectivity index (χ4n) is 4.90. The van der Waals surface area contributed by atoms with Gasteiger partial charge in [0.05, 0.1) is 11.4 Å². The Bertz CT molecular complexity index is 1290. The standard InChI is InChI=1S/C36H47N3/c1-23(2)30-17-13-18-31(24(3)4)35(30)38-27(9)21-29(22-34(37)28-15-11-10-12-16-28)39-36-32(25(5)6)19-14-20-33(36)26(7)8/h10-26,38H,37H2,1-9H3/b27-21+,34-22-,39-29?. The van der Waals surface area contributed by atoms with Crippen molar-refractivity contribution >= 4 is 22.8 Å². The minimum absolute atomic E-state index is 0.355. The van der Waals surface area contributed by atoms with Crippen LogP contribution in [-0.4, -0.2) is 5.71 Å². The molecule has 0 spiro atoms. The largest absolute Gasteiger partial charge is 0.398 e. The number of benzene rings is 3. The molecule has 0 bridgehead atoms. The molecule has 0 fully saturated rings. The third-order valence-corrected chi connectivity index (χ3v) is 7.05. The maximum Gasteiger partial charge on any atom is 0.0706 e. The van der Waals surface area contributed by atoms with Crippen molar-refractivity contribution in [2.24, 2.45) is 10.7 Å². The molecule has 3 heteroatoms. The number of nitrogens with one attached hydrogen (secondary N) is 1. The molecule has 3 rings (SSSR count). The number of para-hydroxylation sites is 2. The summed E-state index contributed by atoms with van der Waals surface area (Å²) in [6.07, 6.45) is 4.12. The van der Waals surface area contributed by atoms with Crippen molar-refractivity contribution in [3.63, 3.8) is 0 Å². The molecule has 39 heavy (non-hydrogen) atoms. The van der Waals surface area contributed by atoms with Crippen molar-refractivity contribution in [3.8, 4) is 0 Å². The predicted molar refractivity (Wildman–Crippen MR) is 172 cm³/mol. The summed E-state index contributed by atoms with van der Waals surface area (Å²) in [6, 6.07) is 23.3. The van der Waals surface area contributed by atoms with Crippen molar-refractivity contribution in [3.05, 3.63) is 112 Å². The van der Waals surface area contributed by atoms with E-state index in [2.05, 4.69) is 110 Å². The SMILES string of the molecule is C/C(=C\C(/C=C(\N)c1ccccc1)=Nc1c(C(C)C)cccc1C(C)C)Nc1c(C(C)C)cccc1C(C)C. The van der Waals surface area contributed by atoms with Crippen LogP contribution in [-0.2, 0) is 0 Å². The van der Waals surface area contributed by atoms with E-state index in [1.807, 2.05) is 36.4 Å². The highest BCUT2D eigenvalue weighted by molar-refractivity contribution is 6.10. The molecule has 0 saturated carbocycles. The maximum absolute atomic E-state index is 6.63. The first-order valence-electron chi connectivity index (χ1n) is 14.3. The minimum Gasteiger partial charge on any atom is -0.398 e. The van der Waals surface area contributed by atoms with Gasteiger partial charge in [-0.2, -0.15) is 0 Å². The lowest BCUT2D eigenvalue weighted by Gasteiger charge is -2.21. The maximum atomic E-state index is 6.63. The van der Waals surface area contributed by atoms with Crippen LogP contribution in [0.5, 0.6) is 0 Å². The van der Waals surface area contributed by atoms with Crippen molar-refractivity contribution in [2.45, 2.75) is 86.0 Å². The lowest BCUT2D eigenvalue weighted by Crippen LogP contribution is -2.08. The lowest BCUT2D eigenvalue weighted by molar-refractivity contribution is 0.835. The van der Waals surface area contributed by atoms with E-state index < -0.39 is 0 Å². The average Bonchev–Trinajstić information content (AvgIpc) is 2.88. The summed E-state index contributed by atoms with van der Waals surface area (Å²) in [5, 5.41) is 3.76. The van der Waals surface area contributed by atoms with Crippen LogP contribution >= 0.6 is 0 Å². The van der Waals surface area contributed by atoms with E-state index >= 15 is 0 Å². The Morgan fingerprint density at radius 2 is 1.10 bits per heavy atom. The van der Waals surface area contributed by atoms with Gasteiger partial charge in [0.25, 0.3) is 0 Å². The number of allylic oxidation sites excluding steroid dienone is 3. The van der Waals surface area contributed by atoms with Gasteiger partial charge in [-0.15, -0.1) is 0 Å². The first-order chi connectivity index (χ1) is 18.5. The van der Waals surface area contributed by atoms with E-state index in [0.717, 1.165) is 22.7 Å². The third kappa shape index (κ3) is 7.72. The second kappa shape index (κ2) is 13.5. The number of aliphatic imine (C=N–C) groups is 1. The van der Waals surface area contributed by atoms with E-state index in [1.165, 1.54) is 27.9 Å². The second-order valence-corrected chi connectivity index (χ2v) is 11.7. The van der Waals surface area contributed by atoms with E-state index in [-0.39, 0.29) is 0 Å². The topological polar surface area (TPSA) is 50.4 Å². The fourth-order valence-corrected chi connectivity index (χ4v) is 4.90. The monoisotopic (exact) mass is 521 g/mol. The molecule has 0 atom stereocenters. The highest BCUT2D eigenvalue weighted by atomic mass is 14.9. The minimum atomic E-state index is 0.355. The molecule has 0 radical (unpaired) electrons. The zero-order valence-electron chi connectivity index (χ0n) is 25.3. The molecule has 0 aromatic heterocycles. The fraction of sp³-hybridized carbons (Fsp3) is 0.361. The van der Waals surface area contributed by atoms with Crippen molar-refractivity contribution in [1.29, 1.82) is 0 Å². The molecule has 3 nitrogen and oxygen atoms in total.